The van der Waals surface area contributed by atoms with Gasteiger partial charge >= 0.3 is 0 Å². The summed E-state index contributed by atoms with van der Waals surface area (Å²) >= 11 is 0. The highest BCUT2D eigenvalue weighted by Gasteiger charge is 2.22. The summed E-state index contributed by atoms with van der Waals surface area (Å²) < 4.78 is 17.4. The Hall–Kier alpha value is -4.12. The minimum atomic E-state index is 0.152. The van der Waals surface area contributed by atoms with Crippen LogP contribution in [0.3, 0.4) is 0 Å². The van der Waals surface area contributed by atoms with Crippen LogP contribution in [0.15, 0.2) is 79.0 Å². The molecule has 0 bridgehead atoms. The highest BCUT2D eigenvalue weighted by atomic mass is 16.7. The molecule has 5 heteroatoms. The van der Waals surface area contributed by atoms with E-state index in [4.69, 9.17) is 14.2 Å². The predicted octanol–water partition coefficient (Wildman–Crippen LogP) is 6.00. The summed E-state index contributed by atoms with van der Waals surface area (Å²) in [7, 11) is 0. The molecule has 6 rings (SSSR count). The average molecular weight is 409 g/mol. The maximum absolute atomic E-state index is 10.3. The minimum absolute atomic E-state index is 0.152. The van der Waals surface area contributed by atoms with Crippen molar-refractivity contribution in [3.05, 3.63) is 84.6 Å². The Kier molecular flexibility index (Phi) is 3.99. The van der Waals surface area contributed by atoms with Gasteiger partial charge in [-0.15, -0.1) is 0 Å². The van der Waals surface area contributed by atoms with Crippen molar-refractivity contribution in [3.8, 4) is 34.3 Å². The molecule has 1 aromatic heterocycles. The first-order chi connectivity index (χ1) is 15.3. The molecule has 0 unspecified atom stereocenters. The molecule has 0 radical (unpaired) electrons. The van der Waals surface area contributed by atoms with Gasteiger partial charge in [0, 0.05) is 27.9 Å². The SMILES string of the molecule is Oc1[nH]cc2c(-c3ccc(OCc4ccccc4)cc3)c3c4c(ccc3cc12)OCO4. The third-order valence-corrected chi connectivity index (χ3v) is 5.68. The van der Waals surface area contributed by atoms with Crippen LogP contribution in [0.4, 0.5) is 0 Å². The molecular formula is C26H19NO4. The number of fused-ring (bicyclic) bond motifs is 4. The van der Waals surface area contributed by atoms with Crippen molar-refractivity contribution < 1.29 is 19.3 Å². The number of aromatic hydroxyl groups is 1. The molecule has 0 fully saturated rings. The molecule has 5 aromatic rings. The smallest absolute Gasteiger partial charge is 0.231 e. The van der Waals surface area contributed by atoms with E-state index in [1.807, 2.05) is 79.0 Å². The third kappa shape index (κ3) is 2.94. The summed E-state index contributed by atoms with van der Waals surface area (Å²) in [6.07, 6.45) is 1.83. The number of hydrogen-bond acceptors (Lipinski definition) is 4. The van der Waals surface area contributed by atoms with Crippen LogP contribution < -0.4 is 14.2 Å². The lowest BCUT2D eigenvalue weighted by Crippen LogP contribution is -1.95. The standard InChI is InChI=1S/C26H19NO4/c28-26-20-12-18-8-11-22-25(31-15-30-22)24(18)23(21(20)13-27-26)17-6-9-19(10-7-17)29-14-16-4-2-1-3-5-16/h1-13,27-28H,14-15H2. The summed E-state index contributed by atoms with van der Waals surface area (Å²) in [6, 6.07) is 24.0. The number of rotatable bonds is 4. The van der Waals surface area contributed by atoms with E-state index in [0.717, 1.165) is 55.5 Å². The zero-order valence-electron chi connectivity index (χ0n) is 16.6. The van der Waals surface area contributed by atoms with Gasteiger partial charge in [-0.05, 0) is 40.8 Å². The molecule has 1 aliphatic heterocycles. The molecule has 152 valence electrons. The molecule has 4 aromatic carbocycles. The van der Waals surface area contributed by atoms with Gasteiger partial charge in [-0.2, -0.15) is 0 Å². The number of aromatic nitrogens is 1. The molecule has 0 aliphatic carbocycles. The normalized spacial score (nSPS) is 12.5. The Morgan fingerprint density at radius 2 is 1.74 bits per heavy atom. The molecule has 31 heavy (non-hydrogen) atoms. The lowest BCUT2D eigenvalue weighted by molar-refractivity contribution is 0.175. The molecule has 5 nitrogen and oxygen atoms in total. The molecule has 2 heterocycles. The summed E-state index contributed by atoms with van der Waals surface area (Å²) in [6.45, 7) is 0.722. The van der Waals surface area contributed by atoms with Crippen LogP contribution in [0, 0.1) is 0 Å². The second kappa shape index (κ2) is 6.99. The van der Waals surface area contributed by atoms with E-state index in [-0.39, 0.29) is 12.7 Å². The molecule has 0 atom stereocenters. The van der Waals surface area contributed by atoms with E-state index in [9.17, 15) is 5.11 Å². The number of benzene rings is 4. The van der Waals surface area contributed by atoms with Crippen molar-refractivity contribution in [1.29, 1.82) is 0 Å². The third-order valence-electron chi connectivity index (χ3n) is 5.68. The fourth-order valence-electron chi connectivity index (χ4n) is 4.19. The van der Waals surface area contributed by atoms with Crippen molar-refractivity contribution in [2.24, 2.45) is 0 Å². The van der Waals surface area contributed by atoms with Gasteiger partial charge < -0.3 is 24.3 Å². The van der Waals surface area contributed by atoms with Crippen molar-refractivity contribution in [1.82, 2.24) is 4.98 Å². The second-order valence-electron chi connectivity index (χ2n) is 7.55. The maximum Gasteiger partial charge on any atom is 0.231 e. The molecule has 0 saturated carbocycles. The fourth-order valence-corrected chi connectivity index (χ4v) is 4.19. The number of nitrogens with one attached hydrogen (secondary N) is 1. The van der Waals surface area contributed by atoms with Gasteiger partial charge in [-0.25, -0.2) is 0 Å². The van der Waals surface area contributed by atoms with Crippen molar-refractivity contribution in [2.45, 2.75) is 6.61 Å². The number of H-pyrrole nitrogens is 1. The first-order valence-electron chi connectivity index (χ1n) is 10.1. The van der Waals surface area contributed by atoms with E-state index in [1.165, 1.54) is 0 Å². The second-order valence-corrected chi connectivity index (χ2v) is 7.55. The highest BCUT2D eigenvalue weighted by molar-refractivity contribution is 6.16. The topological polar surface area (TPSA) is 63.7 Å². The maximum atomic E-state index is 10.3. The molecule has 0 saturated heterocycles. The minimum Gasteiger partial charge on any atom is -0.494 e. The van der Waals surface area contributed by atoms with Gasteiger partial charge in [0.15, 0.2) is 17.4 Å². The van der Waals surface area contributed by atoms with Gasteiger partial charge in [0.25, 0.3) is 0 Å². The summed E-state index contributed by atoms with van der Waals surface area (Å²) in [5.41, 5.74) is 3.12. The van der Waals surface area contributed by atoms with Gasteiger partial charge in [-0.3, -0.25) is 0 Å². The number of aromatic amines is 1. The van der Waals surface area contributed by atoms with Crippen LogP contribution in [0.1, 0.15) is 5.56 Å². The molecule has 0 amide bonds. The fraction of sp³-hybridized carbons (Fsp3) is 0.0769. The first-order valence-corrected chi connectivity index (χ1v) is 10.1. The van der Waals surface area contributed by atoms with Crippen molar-refractivity contribution >= 4 is 21.5 Å². The zero-order valence-corrected chi connectivity index (χ0v) is 16.6. The van der Waals surface area contributed by atoms with Crippen LogP contribution in [0.5, 0.6) is 23.1 Å². The largest absolute Gasteiger partial charge is 0.494 e. The Labute approximate surface area is 178 Å². The Morgan fingerprint density at radius 3 is 2.58 bits per heavy atom. The molecular weight excluding hydrogens is 390 g/mol. The van der Waals surface area contributed by atoms with E-state index in [2.05, 4.69) is 4.98 Å². The number of hydrogen-bond donors (Lipinski definition) is 2. The van der Waals surface area contributed by atoms with Crippen molar-refractivity contribution in [3.63, 3.8) is 0 Å². The molecule has 2 N–H and O–H groups in total. The molecule has 0 spiro atoms. The van der Waals surface area contributed by atoms with Crippen molar-refractivity contribution in [2.75, 3.05) is 6.79 Å². The lowest BCUT2D eigenvalue weighted by atomic mass is 9.93. The van der Waals surface area contributed by atoms with Crippen LogP contribution in [0.2, 0.25) is 0 Å². The Morgan fingerprint density at radius 1 is 0.903 bits per heavy atom. The van der Waals surface area contributed by atoms with Gasteiger partial charge in [0.05, 0.1) is 0 Å². The Bertz CT molecular complexity index is 1410. The number of ether oxygens (including phenoxy) is 3. The molecule has 1 aliphatic rings. The van der Waals surface area contributed by atoms with Crippen LogP contribution >= 0.6 is 0 Å². The van der Waals surface area contributed by atoms with E-state index in [1.54, 1.807) is 0 Å². The van der Waals surface area contributed by atoms with E-state index in [0.29, 0.717) is 6.61 Å². The lowest BCUT2D eigenvalue weighted by Gasteiger charge is -2.13. The van der Waals surface area contributed by atoms with E-state index < -0.39 is 0 Å². The summed E-state index contributed by atoms with van der Waals surface area (Å²) in [5.74, 6) is 2.42. The van der Waals surface area contributed by atoms with Crippen LogP contribution in [-0.4, -0.2) is 16.9 Å². The average Bonchev–Trinajstić information content (AvgIpc) is 3.44. The van der Waals surface area contributed by atoms with Crippen LogP contribution in [-0.2, 0) is 6.61 Å². The first kappa shape index (κ1) is 17.7. The Balaban J connectivity index is 1.46. The van der Waals surface area contributed by atoms with Crippen LogP contribution in [0.25, 0.3) is 32.7 Å². The van der Waals surface area contributed by atoms with Gasteiger partial charge in [-0.1, -0.05) is 48.5 Å². The highest BCUT2D eigenvalue weighted by Crippen LogP contribution is 2.48. The van der Waals surface area contributed by atoms with Gasteiger partial charge in [0.2, 0.25) is 6.79 Å². The quantitative estimate of drug-likeness (QED) is 0.382. The summed E-state index contributed by atoms with van der Waals surface area (Å²) in [5, 5.41) is 14.0. The summed E-state index contributed by atoms with van der Waals surface area (Å²) in [4.78, 5) is 2.94. The predicted molar refractivity (Wildman–Crippen MR) is 120 cm³/mol. The monoisotopic (exact) mass is 409 g/mol. The zero-order chi connectivity index (χ0) is 20.8. The van der Waals surface area contributed by atoms with Gasteiger partial charge in [0.1, 0.15) is 12.4 Å². The van der Waals surface area contributed by atoms with E-state index >= 15 is 0 Å².